The van der Waals surface area contributed by atoms with Crippen LogP contribution >= 0.6 is 0 Å². The number of hydrogen-bond donors (Lipinski definition) is 0. The quantitative estimate of drug-likeness (QED) is 0.396. The van der Waals surface area contributed by atoms with Crippen molar-refractivity contribution in [2.45, 2.75) is 58.3 Å². The summed E-state index contributed by atoms with van der Waals surface area (Å²) in [6, 6.07) is 5.82. The number of rotatable bonds is 12. The monoisotopic (exact) mass is 318 g/mol. The number of allylic oxidation sites excluding steroid dienone is 2. The molecule has 3 heteroatoms. The van der Waals surface area contributed by atoms with Gasteiger partial charge in [0.2, 0.25) is 0 Å². The lowest BCUT2D eigenvalue weighted by molar-refractivity contribution is -0.114. The van der Waals surface area contributed by atoms with E-state index in [9.17, 15) is 4.79 Å². The minimum atomic E-state index is 0.223. The van der Waals surface area contributed by atoms with Gasteiger partial charge in [-0.05, 0) is 36.6 Å². The summed E-state index contributed by atoms with van der Waals surface area (Å²) < 4.78 is 10.5. The van der Waals surface area contributed by atoms with Crippen LogP contribution in [0.25, 0.3) is 0 Å². The second kappa shape index (κ2) is 11.8. The molecule has 0 unspecified atom stereocenters. The molecule has 0 heterocycles. The lowest BCUT2D eigenvalue weighted by Gasteiger charge is -2.08. The Morgan fingerprint density at radius 2 is 1.70 bits per heavy atom. The summed E-state index contributed by atoms with van der Waals surface area (Å²) in [4.78, 5) is 11.8. The molecule has 128 valence electrons. The number of benzene rings is 1. The van der Waals surface area contributed by atoms with E-state index >= 15 is 0 Å². The zero-order valence-corrected chi connectivity index (χ0v) is 14.8. The molecule has 1 rings (SSSR count). The summed E-state index contributed by atoms with van der Waals surface area (Å²) in [5, 5.41) is 0. The summed E-state index contributed by atoms with van der Waals surface area (Å²) in [5.41, 5.74) is 1.10. The number of ketones is 1. The normalized spacial score (nSPS) is 10.9. The predicted octanol–water partition coefficient (Wildman–Crippen LogP) is 5.12. The fourth-order valence-corrected chi connectivity index (χ4v) is 2.50. The molecule has 0 saturated heterocycles. The van der Waals surface area contributed by atoms with Gasteiger partial charge >= 0.3 is 0 Å². The number of carbonyl (C=O) groups excluding carboxylic acids is 1. The van der Waals surface area contributed by atoms with Crippen LogP contribution < -0.4 is 9.47 Å². The number of ether oxygens (including phenoxy) is 2. The van der Waals surface area contributed by atoms with E-state index in [0.29, 0.717) is 6.42 Å². The third-order valence-electron chi connectivity index (χ3n) is 3.88. The molecule has 0 amide bonds. The second-order valence-corrected chi connectivity index (χ2v) is 5.78. The van der Waals surface area contributed by atoms with Gasteiger partial charge < -0.3 is 9.47 Å². The predicted molar refractivity (Wildman–Crippen MR) is 95.4 cm³/mol. The highest BCUT2D eigenvalue weighted by Gasteiger charge is 2.03. The lowest BCUT2D eigenvalue weighted by atomic mass is 10.1. The molecule has 0 aromatic heterocycles. The van der Waals surface area contributed by atoms with E-state index in [1.165, 1.54) is 25.7 Å². The maximum Gasteiger partial charge on any atom is 0.160 e. The highest BCUT2D eigenvalue weighted by atomic mass is 16.5. The van der Waals surface area contributed by atoms with Crippen molar-refractivity contribution in [1.29, 1.82) is 0 Å². The van der Waals surface area contributed by atoms with Crippen LogP contribution in [0.5, 0.6) is 11.5 Å². The van der Waals surface area contributed by atoms with E-state index in [-0.39, 0.29) is 5.78 Å². The number of methoxy groups -OCH3 is 2. The first-order chi connectivity index (χ1) is 11.2. The standard InChI is InChI=1S/C20H30O3/c1-4-5-6-7-8-9-12-18(21)13-10-11-17-14-15-19(22-2)20(16-17)23-3/h10,13-16H,4-9,11-12H2,1-3H3. The van der Waals surface area contributed by atoms with Gasteiger partial charge in [0.25, 0.3) is 0 Å². The average Bonchev–Trinajstić information content (AvgIpc) is 2.57. The van der Waals surface area contributed by atoms with Crippen LogP contribution in [0, 0.1) is 0 Å². The smallest absolute Gasteiger partial charge is 0.160 e. The lowest BCUT2D eigenvalue weighted by Crippen LogP contribution is -1.94. The van der Waals surface area contributed by atoms with Gasteiger partial charge in [0.15, 0.2) is 17.3 Å². The molecule has 0 N–H and O–H groups in total. The Bertz CT molecular complexity index is 492. The van der Waals surface area contributed by atoms with Gasteiger partial charge in [0.1, 0.15) is 0 Å². The van der Waals surface area contributed by atoms with Gasteiger partial charge in [-0.25, -0.2) is 0 Å². The van der Waals surface area contributed by atoms with Gasteiger partial charge in [-0.15, -0.1) is 0 Å². The molecular weight excluding hydrogens is 288 g/mol. The molecule has 0 radical (unpaired) electrons. The van der Waals surface area contributed by atoms with Crippen molar-refractivity contribution >= 4 is 5.78 Å². The van der Waals surface area contributed by atoms with E-state index < -0.39 is 0 Å². The summed E-state index contributed by atoms with van der Waals surface area (Å²) in [7, 11) is 3.25. The average molecular weight is 318 g/mol. The van der Waals surface area contributed by atoms with Crippen LogP contribution in [0.15, 0.2) is 30.4 Å². The van der Waals surface area contributed by atoms with Crippen LogP contribution in [0.2, 0.25) is 0 Å². The summed E-state index contributed by atoms with van der Waals surface area (Å²) in [6.07, 6.45) is 12.3. The molecule has 0 fully saturated rings. The molecule has 0 atom stereocenters. The Labute approximate surface area is 140 Å². The van der Waals surface area contributed by atoms with Crippen molar-refractivity contribution in [3.05, 3.63) is 35.9 Å². The highest BCUT2D eigenvalue weighted by Crippen LogP contribution is 2.27. The first-order valence-electron chi connectivity index (χ1n) is 8.61. The molecule has 3 nitrogen and oxygen atoms in total. The zero-order valence-electron chi connectivity index (χ0n) is 14.8. The fraction of sp³-hybridized carbons (Fsp3) is 0.550. The van der Waals surface area contributed by atoms with E-state index in [0.717, 1.165) is 36.3 Å². The second-order valence-electron chi connectivity index (χ2n) is 5.78. The molecule has 0 aliphatic heterocycles. The summed E-state index contributed by atoms with van der Waals surface area (Å²) in [6.45, 7) is 2.22. The Hall–Kier alpha value is -1.77. The van der Waals surface area contributed by atoms with Crippen LogP contribution in [0.4, 0.5) is 0 Å². The maximum absolute atomic E-state index is 11.8. The largest absolute Gasteiger partial charge is 0.493 e. The Balaban J connectivity index is 2.31. The number of unbranched alkanes of at least 4 members (excludes halogenated alkanes) is 5. The molecule has 0 aliphatic rings. The van der Waals surface area contributed by atoms with Crippen molar-refractivity contribution in [3.8, 4) is 11.5 Å². The van der Waals surface area contributed by atoms with Crippen LogP contribution in [0.1, 0.15) is 57.4 Å². The minimum Gasteiger partial charge on any atom is -0.493 e. The van der Waals surface area contributed by atoms with Crippen molar-refractivity contribution in [3.63, 3.8) is 0 Å². The minimum absolute atomic E-state index is 0.223. The molecule has 1 aromatic rings. The Morgan fingerprint density at radius 1 is 1.00 bits per heavy atom. The van der Waals surface area contributed by atoms with Gasteiger partial charge in [-0.1, -0.05) is 51.2 Å². The van der Waals surface area contributed by atoms with Crippen LogP contribution in [0.3, 0.4) is 0 Å². The number of hydrogen-bond acceptors (Lipinski definition) is 3. The van der Waals surface area contributed by atoms with E-state index in [1.54, 1.807) is 20.3 Å². The molecule has 0 bridgehead atoms. The van der Waals surface area contributed by atoms with Crippen molar-refractivity contribution in [2.75, 3.05) is 14.2 Å². The van der Waals surface area contributed by atoms with E-state index in [4.69, 9.17) is 9.47 Å². The molecule has 0 saturated carbocycles. The van der Waals surface area contributed by atoms with Gasteiger partial charge in [0.05, 0.1) is 14.2 Å². The third-order valence-corrected chi connectivity index (χ3v) is 3.88. The van der Waals surface area contributed by atoms with Crippen molar-refractivity contribution in [1.82, 2.24) is 0 Å². The highest BCUT2D eigenvalue weighted by molar-refractivity contribution is 5.89. The topological polar surface area (TPSA) is 35.5 Å². The van der Waals surface area contributed by atoms with Crippen molar-refractivity contribution in [2.24, 2.45) is 0 Å². The first kappa shape index (κ1) is 19.3. The van der Waals surface area contributed by atoms with E-state index in [1.807, 2.05) is 24.3 Å². The number of carbonyl (C=O) groups is 1. The molecule has 0 spiro atoms. The fourth-order valence-electron chi connectivity index (χ4n) is 2.50. The Kier molecular flexibility index (Phi) is 9.85. The molecular formula is C20H30O3. The van der Waals surface area contributed by atoms with Gasteiger partial charge in [-0.3, -0.25) is 4.79 Å². The molecule has 23 heavy (non-hydrogen) atoms. The third kappa shape index (κ3) is 7.87. The van der Waals surface area contributed by atoms with Gasteiger partial charge in [0, 0.05) is 6.42 Å². The first-order valence-corrected chi connectivity index (χ1v) is 8.61. The summed E-state index contributed by atoms with van der Waals surface area (Å²) in [5.74, 6) is 1.66. The maximum atomic E-state index is 11.8. The molecule has 1 aromatic carbocycles. The molecule has 0 aliphatic carbocycles. The zero-order chi connectivity index (χ0) is 16.9. The van der Waals surface area contributed by atoms with Crippen LogP contribution in [-0.4, -0.2) is 20.0 Å². The van der Waals surface area contributed by atoms with Crippen LogP contribution in [-0.2, 0) is 11.2 Å². The SMILES string of the molecule is CCCCCCCCC(=O)C=CCc1ccc(OC)c(OC)c1. The van der Waals surface area contributed by atoms with Crippen molar-refractivity contribution < 1.29 is 14.3 Å². The van der Waals surface area contributed by atoms with E-state index in [2.05, 4.69) is 6.92 Å². The summed E-state index contributed by atoms with van der Waals surface area (Å²) >= 11 is 0. The Morgan fingerprint density at radius 3 is 2.39 bits per heavy atom. The van der Waals surface area contributed by atoms with Gasteiger partial charge in [-0.2, -0.15) is 0 Å².